The van der Waals surface area contributed by atoms with Gasteiger partial charge in [0, 0.05) is 5.69 Å². The van der Waals surface area contributed by atoms with Crippen LogP contribution in [-0.4, -0.2) is 31.5 Å². The van der Waals surface area contributed by atoms with Gasteiger partial charge in [-0.05, 0) is 61.2 Å². The van der Waals surface area contributed by atoms with Crippen molar-refractivity contribution in [3.8, 4) is 5.75 Å². The van der Waals surface area contributed by atoms with Crippen molar-refractivity contribution in [1.29, 1.82) is 0 Å². The molecule has 1 fully saturated rings. The zero-order valence-corrected chi connectivity index (χ0v) is 19.4. The minimum atomic E-state index is -0.789. The summed E-state index contributed by atoms with van der Waals surface area (Å²) in [5.74, 6) is 0.251. The summed E-state index contributed by atoms with van der Waals surface area (Å²) in [6.45, 7) is 5.86. The Kier molecular flexibility index (Phi) is 6.31. The Morgan fingerprint density at radius 3 is 2.30 bits per heavy atom. The molecule has 0 radical (unpaired) electrons. The van der Waals surface area contributed by atoms with Crippen molar-refractivity contribution in [3.63, 3.8) is 0 Å². The Labute approximate surface area is 194 Å². The summed E-state index contributed by atoms with van der Waals surface area (Å²) in [4.78, 5) is 30.8. The smallest absolute Gasteiger partial charge is 0.254 e. The highest BCUT2D eigenvalue weighted by molar-refractivity contribution is 6.16. The summed E-state index contributed by atoms with van der Waals surface area (Å²) < 4.78 is 5.54. The molecule has 0 unspecified atom stereocenters. The van der Waals surface area contributed by atoms with Gasteiger partial charge in [-0.3, -0.25) is 14.5 Å². The van der Waals surface area contributed by atoms with Crippen molar-refractivity contribution in [1.82, 2.24) is 0 Å². The molecule has 33 heavy (non-hydrogen) atoms. The van der Waals surface area contributed by atoms with Gasteiger partial charge in [0.25, 0.3) is 5.91 Å². The molecule has 0 bridgehead atoms. The highest BCUT2D eigenvalue weighted by Crippen LogP contribution is 2.36. The fraction of sp³-hybridized carbons (Fsp3) is 0.214. The molecule has 1 atom stereocenters. The van der Waals surface area contributed by atoms with E-state index in [0.29, 0.717) is 11.4 Å². The summed E-state index contributed by atoms with van der Waals surface area (Å²) in [6.07, 6.45) is 1.96. The van der Waals surface area contributed by atoms with E-state index >= 15 is 0 Å². The standard InChI is InChI=1S/C28H28N2O3/c1-19-11-10-15-23(21(19)3)29-18-26(31)30(24-14-8-9-16-25(24)33-4)27(28(29)32)20(2)17-22-12-6-5-7-13-22/h5-17,27H,18H2,1-4H3/b20-17-/t27-/m0/s1. The average molecular weight is 441 g/mol. The average Bonchev–Trinajstić information content (AvgIpc) is 2.82. The van der Waals surface area contributed by atoms with E-state index in [2.05, 4.69) is 0 Å². The van der Waals surface area contributed by atoms with Gasteiger partial charge in [0.15, 0.2) is 0 Å². The van der Waals surface area contributed by atoms with E-state index < -0.39 is 6.04 Å². The number of hydrogen-bond donors (Lipinski definition) is 0. The first-order valence-electron chi connectivity index (χ1n) is 11.0. The van der Waals surface area contributed by atoms with E-state index in [-0.39, 0.29) is 18.4 Å². The molecular weight excluding hydrogens is 412 g/mol. The Bertz CT molecular complexity index is 1220. The predicted octanol–water partition coefficient (Wildman–Crippen LogP) is 5.16. The molecule has 3 aromatic rings. The summed E-state index contributed by atoms with van der Waals surface area (Å²) >= 11 is 0. The summed E-state index contributed by atoms with van der Waals surface area (Å²) in [5.41, 5.74) is 5.18. The number of carbonyl (C=O) groups excluding carboxylic acids is 2. The van der Waals surface area contributed by atoms with Crippen LogP contribution in [-0.2, 0) is 9.59 Å². The maximum absolute atomic E-state index is 14.0. The third-order valence-electron chi connectivity index (χ3n) is 6.16. The van der Waals surface area contributed by atoms with Crippen LogP contribution >= 0.6 is 0 Å². The maximum atomic E-state index is 14.0. The lowest BCUT2D eigenvalue weighted by molar-refractivity contribution is -0.127. The fourth-order valence-electron chi connectivity index (χ4n) is 4.32. The zero-order chi connectivity index (χ0) is 23.5. The summed E-state index contributed by atoms with van der Waals surface area (Å²) in [6, 6.07) is 22.2. The number of anilines is 2. The number of benzene rings is 3. The molecule has 5 nitrogen and oxygen atoms in total. The van der Waals surface area contributed by atoms with Crippen LogP contribution in [0.4, 0.5) is 11.4 Å². The van der Waals surface area contributed by atoms with Gasteiger partial charge in [-0.2, -0.15) is 0 Å². The van der Waals surface area contributed by atoms with Gasteiger partial charge < -0.3 is 9.64 Å². The van der Waals surface area contributed by atoms with Gasteiger partial charge in [0.05, 0.1) is 12.8 Å². The summed E-state index contributed by atoms with van der Waals surface area (Å²) in [5, 5.41) is 0. The number of aryl methyl sites for hydroxylation is 1. The molecule has 0 saturated carbocycles. The van der Waals surface area contributed by atoms with Crippen molar-refractivity contribution in [2.75, 3.05) is 23.5 Å². The zero-order valence-electron chi connectivity index (χ0n) is 19.4. The van der Waals surface area contributed by atoms with Crippen LogP contribution in [0.3, 0.4) is 0 Å². The quantitative estimate of drug-likeness (QED) is 0.550. The minimum Gasteiger partial charge on any atom is -0.495 e. The van der Waals surface area contributed by atoms with Crippen LogP contribution in [0.1, 0.15) is 23.6 Å². The molecule has 0 N–H and O–H groups in total. The lowest BCUT2D eigenvalue weighted by Crippen LogP contribution is -2.61. The Hall–Kier alpha value is -3.86. The van der Waals surface area contributed by atoms with E-state index in [1.807, 2.05) is 93.6 Å². The third kappa shape index (κ3) is 4.27. The molecule has 5 heteroatoms. The number of piperazine rings is 1. The molecule has 0 aliphatic carbocycles. The molecular formula is C28H28N2O3. The van der Waals surface area contributed by atoms with Crippen LogP contribution in [0.25, 0.3) is 6.08 Å². The van der Waals surface area contributed by atoms with E-state index in [0.717, 1.165) is 28.0 Å². The molecule has 1 heterocycles. The fourth-order valence-corrected chi connectivity index (χ4v) is 4.32. The van der Waals surface area contributed by atoms with Gasteiger partial charge in [-0.25, -0.2) is 0 Å². The topological polar surface area (TPSA) is 49.9 Å². The second kappa shape index (κ2) is 9.33. The second-order valence-electron chi connectivity index (χ2n) is 8.28. The monoisotopic (exact) mass is 440 g/mol. The highest BCUT2D eigenvalue weighted by Gasteiger charge is 2.43. The van der Waals surface area contributed by atoms with E-state index in [4.69, 9.17) is 4.74 Å². The number of amides is 2. The largest absolute Gasteiger partial charge is 0.495 e. The van der Waals surface area contributed by atoms with E-state index in [9.17, 15) is 9.59 Å². The van der Waals surface area contributed by atoms with Crippen LogP contribution in [0, 0.1) is 13.8 Å². The Morgan fingerprint density at radius 1 is 0.909 bits per heavy atom. The molecule has 1 aliphatic heterocycles. The molecule has 0 aromatic heterocycles. The van der Waals surface area contributed by atoms with Crippen molar-refractivity contribution in [2.45, 2.75) is 26.8 Å². The Morgan fingerprint density at radius 2 is 1.58 bits per heavy atom. The van der Waals surface area contributed by atoms with E-state index in [1.54, 1.807) is 23.0 Å². The maximum Gasteiger partial charge on any atom is 0.254 e. The van der Waals surface area contributed by atoms with Crippen molar-refractivity contribution < 1.29 is 14.3 Å². The number of ether oxygens (including phenoxy) is 1. The van der Waals surface area contributed by atoms with Crippen LogP contribution in [0.5, 0.6) is 5.75 Å². The minimum absolute atomic E-state index is 0.0315. The van der Waals surface area contributed by atoms with E-state index in [1.165, 1.54) is 0 Å². The summed E-state index contributed by atoms with van der Waals surface area (Å²) in [7, 11) is 1.57. The lowest BCUT2D eigenvalue weighted by Gasteiger charge is -2.41. The number of rotatable bonds is 5. The first kappa shape index (κ1) is 22.3. The molecule has 168 valence electrons. The Balaban J connectivity index is 1.85. The van der Waals surface area contributed by atoms with Gasteiger partial charge in [0.2, 0.25) is 5.91 Å². The van der Waals surface area contributed by atoms with Gasteiger partial charge in [-0.1, -0.05) is 60.7 Å². The number of para-hydroxylation sites is 2. The lowest BCUT2D eigenvalue weighted by atomic mass is 9.97. The third-order valence-corrected chi connectivity index (χ3v) is 6.16. The first-order chi connectivity index (χ1) is 15.9. The SMILES string of the molecule is COc1ccccc1N1C(=O)CN(c2cccc(C)c2C)C(=O)[C@@H]1/C(C)=C\c1ccccc1. The number of carbonyl (C=O) groups is 2. The molecule has 1 aliphatic rings. The van der Waals surface area contributed by atoms with Gasteiger partial charge >= 0.3 is 0 Å². The first-order valence-corrected chi connectivity index (χ1v) is 11.0. The van der Waals surface area contributed by atoms with Gasteiger partial charge in [-0.15, -0.1) is 0 Å². The number of methoxy groups -OCH3 is 1. The molecule has 1 saturated heterocycles. The molecule has 0 spiro atoms. The van der Waals surface area contributed by atoms with Crippen molar-refractivity contribution in [2.24, 2.45) is 0 Å². The second-order valence-corrected chi connectivity index (χ2v) is 8.28. The predicted molar refractivity (Wildman–Crippen MR) is 133 cm³/mol. The normalized spacial score (nSPS) is 16.8. The molecule has 2 amide bonds. The number of hydrogen-bond acceptors (Lipinski definition) is 3. The number of nitrogens with zero attached hydrogens (tertiary/aromatic N) is 2. The van der Waals surface area contributed by atoms with Crippen molar-refractivity contribution >= 4 is 29.3 Å². The van der Waals surface area contributed by atoms with Crippen LogP contribution in [0.15, 0.2) is 78.4 Å². The van der Waals surface area contributed by atoms with Crippen LogP contribution in [0.2, 0.25) is 0 Å². The molecule has 3 aromatic carbocycles. The molecule has 4 rings (SSSR count). The van der Waals surface area contributed by atoms with Gasteiger partial charge in [0.1, 0.15) is 18.3 Å². The van der Waals surface area contributed by atoms with Crippen LogP contribution < -0.4 is 14.5 Å². The van der Waals surface area contributed by atoms with Crippen molar-refractivity contribution in [3.05, 3.63) is 95.1 Å². The highest BCUT2D eigenvalue weighted by atomic mass is 16.5.